The fraction of sp³-hybridized carbons (Fsp3) is 0.429. The molecular weight excluding hydrogens is 261 g/mol. The smallest absolute Gasteiger partial charge is 0.321 e. The zero-order chi connectivity index (χ0) is 14.3. The van der Waals surface area contributed by atoms with Crippen molar-refractivity contribution in [3.8, 4) is 0 Å². The Kier molecular flexibility index (Phi) is 2.88. The van der Waals surface area contributed by atoms with Crippen LogP contribution in [0.4, 0.5) is 14.9 Å². The van der Waals surface area contributed by atoms with E-state index in [0.29, 0.717) is 12.2 Å². The van der Waals surface area contributed by atoms with Crippen LogP contribution in [0.25, 0.3) is 0 Å². The molecule has 2 fully saturated rings. The van der Waals surface area contributed by atoms with Gasteiger partial charge in [0.2, 0.25) is 5.67 Å². The number of hydrogen-bond acceptors (Lipinski definition) is 2. The van der Waals surface area contributed by atoms with E-state index in [1.54, 1.807) is 19.2 Å². The number of nitrogens with one attached hydrogen (secondary N) is 1. The number of benzene rings is 1. The summed E-state index contributed by atoms with van der Waals surface area (Å²) in [6.07, 6.45) is 0. The average molecular weight is 277 g/mol. The molecule has 2 saturated heterocycles. The third kappa shape index (κ3) is 1.92. The molecule has 3 rings (SSSR count). The van der Waals surface area contributed by atoms with Crippen LogP contribution >= 0.6 is 0 Å². The second-order valence-electron chi connectivity index (χ2n) is 5.42. The van der Waals surface area contributed by atoms with Crippen LogP contribution < -0.4 is 5.32 Å². The van der Waals surface area contributed by atoms with Crippen LogP contribution in [0.3, 0.4) is 0 Å². The molecule has 0 aliphatic carbocycles. The first-order valence-corrected chi connectivity index (χ1v) is 6.56. The molecule has 6 heteroatoms. The topological polar surface area (TPSA) is 52.6 Å². The fourth-order valence-electron chi connectivity index (χ4n) is 2.94. The minimum Gasteiger partial charge on any atom is -0.342 e. The molecule has 0 bridgehead atoms. The summed E-state index contributed by atoms with van der Waals surface area (Å²) in [6.45, 7) is 0.467. The first kappa shape index (κ1) is 12.9. The van der Waals surface area contributed by atoms with Gasteiger partial charge >= 0.3 is 6.03 Å². The summed E-state index contributed by atoms with van der Waals surface area (Å²) in [5.41, 5.74) is -1.26. The number of likely N-dealkylation sites (tertiary alicyclic amines) is 2. The lowest BCUT2D eigenvalue weighted by molar-refractivity contribution is -0.136. The molecule has 2 aliphatic rings. The maximum Gasteiger partial charge on any atom is 0.321 e. The van der Waals surface area contributed by atoms with Crippen LogP contribution in [0, 0.1) is 5.92 Å². The molecule has 0 unspecified atom stereocenters. The molecule has 106 valence electrons. The van der Waals surface area contributed by atoms with Gasteiger partial charge in [-0.25, -0.2) is 9.18 Å². The number of nitrogens with zero attached hydrogens (tertiary/aromatic N) is 2. The van der Waals surface area contributed by atoms with Gasteiger partial charge in [-0.3, -0.25) is 4.79 Å². The Labute approximate surface area is 116 Å². The number of alkyl halides is 1. The van der Waals surface area contributed by atoms with Gasteiger partial charge in [0.15, 0.2) is 0 Å². The van der Waals surface area contributed by atoms with E-state index in [2.05, 4.69) is 5.32 Å². The molecule has 1 aromatic rings. The van der Waals surface area contributed by atoms with Crippen LogP contribution in [0.15, 0.2) is 30.3 Å². The quantitative estimate of drug-likeness (QED) is 0.842. The third-order valence-corrected chi connectivity index (χ3v) is 4.02. The highest BCUT2D eigenvalue weighted by atomic mass is 19.1. The predicted molar refractivity (Wildman–Crippen MR) is 72.0 cm³/mol. The number of para-hydroxylation sites is 1. The molecular formula is C14H16FN3O2. The second-order valence-corrected chi connectivity index (χ2v) is 5.42. The summed E-state index contributed by atoms with van der Waals surface area (Å²) in [5.74, 6) is -0.945. The maximum atomic E-state index is 14.7. The van der Waals surface area contributed by atoms with Crippen LogP contribution in [0.1, 0.15) is 0 Å². The molecule has 0 radical (unpaired) electrons. The summed E-state index contributed by atoms with van der Waals surface area (Å²) in [5, 5.41) is 2.71. The summed E-state index contributed by atoms with van der Waals surface area (Å²) in [6, 6.07) is 8.63. The van der Waals surface area contributed by atoms with Gasteiger partial charge < -0.3 is 15.1 Å². The molecule has 2 aliphatic heterocycles. The van der Waals surface area contributed by atoms with Crippen LogP contribution in [0.2, 0.25) is 0 Å². The molecule has 1 N–H and O–H groups in total. The Balaban J connectivity index is 1.69. The molecule has 2 heterocycles. The minimum absolute atomic E-state index is 0.167. The maximum absolute atomic E-state index is 14.7. The van der Waals surface area contributed by atoms with Crippen molar-refractivity contribution in [3.05, 3.63) is 30.3 Å². The van der Waals surface area contributed by atoms with E-state index in [0.717, 1.165) is 0 Å². The van der Waals surface area contributed by atoms with Gasteiger partial charge in [0.25, 0.3) is 5.91 Å². The van der Waals surface area contributed by atoms with E-state index in [1.165, 1.54) is 9.80 Å². The first-order chi connectivity index (χ1) is 9.50. The minimum atomic E-state index is -1.91. The Hall–Kier alpha value is -2.11. The van der Waals surface area contributed by atoms with Crippen molar-refractivity contribution in [2.24, 2.45) is 5.92 Å². The molecule has 2 atom stereocenters. The fourth-order valence-corrected chi connectivity index (χ4v) is 2.94. The van der Waals surface area contributed by atoms with Gasteiger partial charge in [0, 0.05) is 31.7 Å². The highest BCUT2D eigenvalue weighted by Gasteiger charge is 2.60. The number of fused-ring (bicyclic) bond motifs is 1. The number of amides is 3. The molecule has 0 aromatic heterocycles. The van der Waals surface area contributed by atoms with Crippen LogP contribution in [-0.2, 0) is 4.79 Å². The van der Waals surface area contributed by atoms with Crippen molar-refractivity contribution in [2.45, 2.75) is 5.67 Å². The van der Waals surface area contributed by atoms with Gasteiger partial charge in [-0.1, -0.05) is 18.2 Å². The van der Waals surface area contributed by atoms with Crippen molar-refractivity contribution in [1.29, 1.82) is 0 Å². The van der Waals surface area contributed by atoms with Crippen molar-refractivity contribution >= 4 is 17.6 Å². The van der Waals surface area contributed by atoms with E-state index in [-0.39, 0.29) is 19.1 Å². The molecule has 1 aromatic carbocycles. The first-order valence-electron chi connectivity index (χ1n) is 6.56. The second kappa shape index (κ2) is 4.47. The lowest BCUT2D eigenvalue weighted by Gasteiger charge is -2.21. The Morgan fingerprint density at radius 3 is 2.70 bits per heavy atom. The van der Waals surface area contributed by atoms with Gasteiger partial charge in [-0.05, 0) is 12.1 Å². The highest BCUT2D eigenvalue weighted by molar-refractivity contribution is 5.93. The molecule has 5 nitrogen and oxygen atoms in total. The van der Waals surface area contributed by atoms with Gasteiger partial charge in [0.1, 0.15) is 0 Å². The zero-order valence-corrected chi connectivity index (χ0v) is 11.2. The van der Waals surface area contributed by atoms with Gasteiger partial charge in [-0.2, -0.15) is 0 Å². The SMILES string of the molecule is CN1C[C@@H]2CN(C(=O)Nc3ccccc3)C[C@]2(F)C1=O. The van der Waals surface area contributed by atoms with Crippen LogP contribution in [-0.4, -0.2) is 54.1 Å². The lowest BCUT2D eigenvalue weighted by Crippen LogP contribution is -2.43. The summed E-state index contributed by atoms with van der Waals surface area (Å²) >= 11 is 0. The molecule has 0 saturated carbocycles. The molecule has 20 heavy (non-hydrogen) atoms. The Morgan fingerprint density at radius 2 is 2.05 bits per heavy atom. The van der Waals surface area contributed by atoms with E-state index in [1.807, 2.05) is 18.2 Å². The number of hydrogen-bond donors (Lipinski definition) is 1. The number of rotatable bonds is 1. The highest BCUT2D eigenvalue weighted by Crippen LogP contribution is 2.38. The number of carbonyl (C=O) groups excluding carboxylic acids is 2. The lowest BCUT2D eigenvalue weighted by atomic mass is 9.97. The van der Waals surface area contributed by atoms with E-state index >= 15 is 0 Å². The van der Waals surface area contributed by atoms with E-state index in [4.69, 9.17) is 0 Å². The zero-order valence-electron chi connectivity index (χ0n) is 11.2. The van der Waals surface area contributed by atoms with Gasteiger partial charge in [-0.15, -0.1) is 0 Å². The largest absolute Gasteiger partial charge is 0.342 e. The molecule has 3 amide bonds. The summed E-state index contributed by atoms with van der Waals surface area (Å²) in [4.78, 5) is 26.7. The predicted octanol–water partition coefficient (Wildman–Crippen LogP) is 1.33. The van der Waals surface area contributed by atoms with Crippen molar-refractivity contribution < 1.29 is 14.0 Å². The standard InChI is InChI=1S/C14H16FN3O2/c1-17-7-10-8-18(9-14(10,15)12(17)19)13(20)16-11-5-3-2-4-6-11/h2-6,10H,7-9H2,1H3,(H,16,20)/t10-,14-/m1/s1. The number of halogens is 1. The number of urea groups is 1. The van der Waals surface area contributed by atoms with Crippen molar-refractivity contribution in [1.82, 2.24) is 9.80 Å². The van der Waals surface area contributed by atoms with Gasteiger partial charge in [0.05, 0.1) is 6.54 Å². The van der Waals surface area contributed by atoms with E-state index in [9.17, 15) is 14.0 Å². The Morgan fingerprint density at radius 1 is 1.35 bits per heavy atom. The third-order valence-electron chi connectivity index (χ3n) is 4.02. The average Bonchev–Trinajstić information content (AvgIpc) is 2.86. The molecule has 0 spiro atoms. The number of carbonyl (C=O) groups is 2. The Bertz CT molecular complexity index is 551. The normalized spacial score (nSPS) is 28.7. The number of anilines is 1. The summed E-state index contributed by atoms with van der Waals surface area (Å²) < 4.78 is 14.7. The van der Waals surface area contributed by atoms with Crippen LogP contribution in [0.5, 0.6) is 0 Å². The monoisotopic (exact) mass is 277 g/mol. The van der Waals surface area contributed by atoms with E-state index < -0.39 is 17.5 Å². The van der Waals surface area contributed by atoms with Crippen molar-refractivity contribution in [3.63, 3.8) is 0 Å². The summed E-state index contributed by atoms with van der Waals surface area (Å²) in [7, 11) is 1.59. The van der Waals surface area contributed by atoms with Crippen molar-refractivity contribution in [2.75, 3.05) is 32.0 Å².